The van der Waals surface area contributed by atoms with Gasteiger partial charge in [-0.25, -0.2) is 0 Å². The van der Waals surface area contributed by atoms with Crippen LogP contribution in [0.3, 0.4) is 0 Å². The first-order valence-corrected chi connectivity index (χ1v) is 9.95. The summed E-state index contributed by atoms with van der Waals surface area (Å²) in [4.78, 5) is 8.74. The molecule has 1 aliphatic rings. The molecule has 0 bridgehead atoms. The fourth-order valence-electron chi connectivity index (χ4n) is 2.96. The number of aryl methyl sites for hydroxylation is 2. The van der Waals surface area contributed by atoms with Crippen molar-refractivity contribution < 1.29 is 0 Å². The summed E-state index contributed by atoms with van der Waals surface area (Å²) < 4.78 is 0. The summed E-state index contributed by atoms with van der Waals surface area (Å²) in [5.41, 5.74) is 6.28. The Balaban J connectivity index is 0.000000178. The van der Waals surface area contributed by atoms with Gasteiger partial charge in [-0.3, -0.25) is 9.97 Å². The van der Waals surface area contributed by atoms with Crippen LogP contribution in [0.1, 0.15) is 50.1 Å². The van der Waals surface area contributed by atoms with E-state index in [-0.39, 0.29) is 0 Å². The van der Waals surface area contributed by atoms with Crippen LogP contribution in [-0.2, 0) is 19.3 Å². The molecule has 0 N–H and O–H groups in total. The van der Waals surface area contributed by atoms with Crippen molar-refractivity contribution in [2.75, 3.05) is 0 Å². The van der Waals surface area contributed by atoms with Crippen molar-refractivity contribution >= 4 is 17.0 Å². The molecule has 2 aromatic heterocycles. The molecule has 4 rings (SSSR count). The first kappa shape index (κ1) is 20.6. The van der Waals surface area contributed by atoms with E-state index in [1.165, 1.54) is 27.8 Å². The molecule has 27 heavy (non-hydrogen) atoms. The first-order valence-electron chi connectivity index (χ1n) is 9.95. The molecule has 0 fully saturated rings. The average Bonchev–Trinajstić information content (AvgIpc) is 3.01. The minimum absolute atomic E-state index is 0.955. The van der Waals surface area contributed by atoms with E-state index in [1.807, 2.05) is 44.4 Å². The average molecular weight is 359 g/mol. The van der Waals surface area contributed by atoms with E-state index >= 15 is 0 Å². The highest BCUT2D eigenvalue weighted by Crippen LogP contribution is 2.18. The molecule has 0 spiro atoms. The Bertz CT molecular complexity index is 907. The Morgan fingerprint density at radius 3 is 2.52 bits per heavy atom. The maximum atomic E-state index is 4.39. The third-order valence-corrected chi connectivity index (χ3v) is 4.42. The van der Waals surface area contributed by atoms with E-state index in [2.05, 4.69) is 66.3 Å². The number of rotatable bonds is 2. The highest BCUT2D eigenvalue weighted by molar-refractivity contribution is 5.78. The van der Waals surface area contributed by atoms with E-state index in [4.69, 9.17) is 0 Å². The number of para-hydroxylation sites is 1. The summed E-state index contributed by atoms with van der Waals surface area (Å²) >= 11 is 0. The van der Waals surface area contributed by atoms with Crippen LogP contribution in [0, 0.1) is 0 Å². The number of benzene rings is 1. The molecular formula is C25H30N2. The molecule has 1 aliphatic carbocycles. The van der Waals surface area contributed by atoms with Gasteiger partial charge in [0.25, 0.3) is 0 Å². The summed E-state index contributed by atoms with van der Waals surface area (Å²) in [6, 6.07) is 12.5. The Labute approximate surface area is 163 Å². The van der Waals surface area contributed by atoms with Gasteiger partial charge in [-0.2, -0.15) is 0 Å². The molecule has 3 aromatic rings. The van der Waals surface area contributed by atoms with Crippen LogP contribution in [0.4, 0.5) is 0 Å². The third kappa shape index (κ3) is 5.62. The number of aromatic nitrogens is 2. The summed E-state index contributed by atoms with van der Waals surface area (Å²) in [5, 5.41) is 1.23. The van der Waals surface area contributed by atoms with Gasteiger partial charge in [0, 0.05) is 24.2 Å². The van der Waals surface area contributed by atoms with Crippen LogP contribution >= 0.6 is 0 Å². The topological polar surface area (TPSA) is 25.8 Å². The van der Waals surface area contributed by atoms with Crippen LogP contribution in [0.25, 0.3) is 17.0 Å². The van der Waals surface area contributed by atoms with Gasteiger partial charge in [0.05, 0.1) is 11.2 Å². The molecule has 140 valence electrons. The van der Waals surface area contributed by atoms with E-state index in [1.54, 1.807) is 0 Å². The number of nitrogens with zero attached hydrogens (tertiary/aromatic N) is 2. The fraction of sp³-hybridized carbons (Fsp3) is 0.280. The second-order valence-electron chi connectivity index (χ2n) is 6.07. The Morgan fingerprint density at radius 1 is 0.926 bits per heavy atom. The van der Waals surface area contributed by atoms with Crippen molar-refractivity contribution in [3.8, 4) is 0 Å². The van der Waals surface area contributed by atoms with E-state index in [9.17, 15) is 0 Å². The van der Waals surface area contributed by atoms with Gasteiger partial charge < -0.3 is 0 Å². The molecule has 2 heterocycles. The molecule has 2 nitrogen and oxygen atoms in total. The Kier molecular flexibility index (Phi) is 8.44. The molecule has 2 heteroatoms. The van der Waals surface area contributed by atoms with Crippen molar-refractivity contribution in [2.45, 2.75) is 47.0 Å². The van der Waals surface area contributed by atoms with Crippen molar-refractivity contribution in [1.82, 2.24) is 9.97 Å². The van der Waals surface area contributed by atoms with Gasteiger partial charge in [-0.1, -0.05) is 70.2 Å². The van der Waals surface area contributed by atoms with Gasteiger partial charge in [-0.15, -0.1) is 0 Å². The van der Waals surface area contributed by atoms with Crippen molar-refractivity contribution in [3.05, 3.63) is 89.4 Å². The summed E-state index contributed by atoms with van der Waals surface area (Å²) in [5.74, 6) is 0. The monoisotopic (exact) mass is 358 g/mol. The lowest BCUT2D eigenvalue weighted by atomic mass is 10.0. The lowest BCUT2D eigenvalue weighted by Crippen LogP contribution is -1.96. The first-order chi connectivity index (χ1) is 13.3. The van der Waals surface area contributed by atoms with Gasteiger partial charge >= 0.3 is 0 Å². The van der Waals surface area contributed by atoms with E-state index in [0.717, 1.165) is 24.8 Å². The summed E-state index contributed by atoms with van der Waals surface area (Å²) in [7, 11) is 0. The third-order valence-electron chi connectivity index (χ3n) is 4.42. The van der Waals surface area contributed by atoms with Crippen molar-refractivity contribution in [3.63, 3.8) is 0 Å². The van der Waals surface area contributed by atoms with E-state index < -0.39 is 0 Å². The fourth-order valence-corrected chi connectivity index (χ4v) is 2.96. The lowest BCUT2D eigenvalue weighted by molar-refractivity contribution is 1.04. The highest BCUT2D eigenvalue weighted by Gasteiger charge is 2.05. The zero-order valence-electron chi connectivity index (χ0n) is 16.9. The maximum Gasteiger partial charge on any atom is 0.0702 e. The van der Waals surface area contributed by atoms with E-state index in [0.29, 0.717) is 0 Å². The SMILES string of the molecule is CC.CCc1ccnc2c1C=CC=CC2.CCc1cnc2ccccc2c1. The van der Waals surface area contributed by atoms with Crippen LogP contribution < -0.4 is 0 Å². The molecule has 0 radical (unpaired) electrons. The predicted octanol–water partition coefficient (Wildman–Crippen LogP) is 6.59. The predicted molar refractivity (Wildman–Crippen MR) is 118 cm³/mol. The molecular weight excluding hydrogens is 328 g/mol. The van der Waals surface area contributed by atoms with Crippen LogP contribution in [-0.4, -0.2) is 9.97 Å². The van der Waals surface area contributed by atoms with Gasteiger partial charge in [0.1, 0.15) is 0 Å². The molecule has 0 saturated heterocycles. The molecule has 1 aromatic carbocycles. The molecule has 0 unspecified atom stereocenters. The normalized spacial score (nSPS) is 11.6. The smallest absolute Gasteiger partial charge is 0.0702 e. The summed E-state index contributed by atoms with van der Waals surface area (Å²) in [6.07, 6.45) is 15.4. The van der Waals surface area contributed by atoms with Crippen LogP contribution in [0.2, 0.25) is 0 Å². The lowest BCUT2D eigenvalue weighted by Gasteiger charge is -2.06. The second-order valence-corrected chi connectivity index (χ2v) is 6.07. The highest BCUT2D eigenvalue weighted by atomic mass is 14.7. The number of pyridine rings is 2. The van der Waals surface area contributed by atoms with Crippen LogP contribution in [0.15, 0.2) is 67.0 Å². The van der Waals surface area contributed by atoms with Crippen molar-refractivity contribution in [2.24, 2.45) is 0 Å². The Hall–Kier alpha value is -2.74. The minimum Gasteiger partial charge on any atom is -0.260 e. The zero-order valence-corrected chi connectivity index (χ0v) is 16.9. The molecule has 0 atom stereocenters. The summed E-state index contributed by atoms with van der Waals surface area (Å²) in [6.45, 7) is 8.33. The maximum absolute atomic E-state index is 4.39. The van der Waals surface area contributed by atoms with Gasteiger partial charge in [0.15, 0.2) is 0 Å². The molecule has 0 amide bonds. The molecule has 0 saturated carbocycles. The van der Waals surface area contributed by atoms with Crippen LogP contribution in [0.5, 0.6) is 0 Å². The number of fused-ring (bicyclic) bond motifs is 2. The zero-order chi connectivity index (χ0) is 19.5. The molecule has 0 aliphatic heterocycles. The second kappa shape index (κ2) is 11.1. The number of allylic oxidation sites excluding steroid dienone is 3. The number of hydrogen-bond donors (Lipinski definition) is 0. The van der Waals surface area contributed by atoms with Gasteiger partial charge in [0.2, 0.25) is 0 Å². The number of hydrogen-bond acceptors (Lipinski definition) is 2. The standard InChI is InChI=1S/C12H13N.C11H11N.C2H6/c1-2-10-8-9-13-12-7-5-3-4-6-11(10)12;1-2-9-7-10-5-3-4-6-11(10)12-8-9;1-2/h3-6,8-9H,2,7H2,1H3;3-8H,2H2,1H3;1-2H3. The van der Waals surface area contributed by atoms with Gasteiger partial charge in [-0.05, 0) is 47.7 Å². The van der Waals surface area contributed by atoms with Crippen molar-refractivity contribution in [1.29, 1.82) is 0 Å². The largest absolute Gasteiger partial charge is 0.260 e. The Morgan fingerprint density at radius 2 is 1.74 bits per heavy atom. The quantitative estimate of drug-likeness (QED) is 0.516. The minimum atomic E-state index is 0.955.